The first-order valence-corrected chi connectivity index (χ1v) is 7.87. The molecule has 1 fully saturated rings. The Kier molecular flexibility index (Phi) is 3.47. The predicted octanol–water partition coefficient (Wildman–Crippen LogP) is 3.49. The van der Waals surface area contributed by atoms with Crippen LogP contribution in [0, 0.1) is 3.57 Å². The summed E-state index contributed by atoms with van der Waals surface area (Å²) in [5.74, 6) is 2.50. The van der Waals surface area contributed by atoms with Crippen molar-refractivity contribution in [3.63, 3.8) is 0 Å². The van der Waals surface area contributed by atoms with Gasteiger partial charge in [-0.15, -0.1) is 0 Å². The maximum absolute atomic E-state index is 5.95. The molecule has 0 radical (unpaired) electrons. The van der Waals surface area contributed by atoms with Gasteiger partial charge in [-0.2, -0.15) is 16.7 Å². The average Bonchev–Trinajstić information content (AvgIpc) is 3.00. The molecule has 94 valence electrons. The van der Waals surface area contributed by atoms with Gasteiger partial charge < -0.3 is 10.3 Å². The molecule has 2 heterocycles. The van der Waals surface area contributed by atoms with E-state index in [0.29, 0.717) is 16.8 Å². The largest absolute Gasteiger partial charge is 0.398 e. The summed E-state index contributed by atoms with van der Waals surface area (Å²) in [4.78, 5) is 4.48. The van der Waals surface area contributed by atoms with Crippen LogP contribution in [0.5, 0.6) is 0 Å². The molecule has 2 aromatic rings. The Labute approximate surface area is 123 Å². The number of nitrogens with zero attached hydrogens (tertiary/aromatic N) is 2. The Morgan fingerprint density at radius 1 is 1.44 bits per heavy atom. The highest BCUT2D eigenvalue weighted by atomic mass is 127. The second-order valence-corrected chi connectivity index (χ2v) is 6.75. The lowest BCUT2D eigenvalue weighted by atomic mass is 10.2. The zero-order chi connectivity index (χ0) is 12.5. The first kappa shape index (κ1) is 12.3. The van der Waals surface area contributed by atoms with Gasteiger partial charge in [-0.05, 0) is 59.4 Å². The molecule has 1 saturated heterocycles. The van der Waals surface area contributed by atoms with Crippen LogP contribution in [0.15, 0.2) is 22.7 Å². The molecule has 4 nitrogen and oxygen atoms in total. The monoisotopic (exact) mass is 373 g/mol. The lowest BCUT2D eigenvalue weighted by Gasteiger charge is -2.01. The Morgan fingerprint density at radius 3 is 3.11 bits per heavy atom. The van der Waals surface area contributed by atoms with Crippen LogP contribution >= 0.6 is 34.4 Å². The molecule has 2 N–H and O–H groups in total. The highest BCUT2D eigenvalue weighted by Crippen LogP contribution is 2.39. The molecule has 6 heteroatoms. The SMILES string of the molecule is Nc1ccc(I)cc1-c1nc(C2CCCS2)no1. The van der Waals surface area contributed by atoms with Crippen molar-refractivity contribution < 1.29 is 4.52 Å². The van der Waals surface area contributed by atoms with Gasteiger partial charge in [0.05, 0.1) is 10.8 Å². The first-order chi connectivity index (χ1) is 8.74. The summed E-state index contributed by atoms with van der Waals surface area (Å²) in [6, 6.07) is 5.80. The van der Waals surface area contributed by atoms with Gasteiger partial charge in [0, 0.05) is 9.26 Å². The van der Waals surface area contributed by atoms with Crippen LogP contribution < -0.4 is 5.73 Å². The number of nitrogens with two attached hydrogens (primary N) is 1. The highest BCUT2D eigenvalue weighted by Gasteiger charge is 2.23. The van der Waals surface area contributed by atoms with Gasteiger partial charge in [0.1, 0.15) is 0 Å². The summed E-state index contributed by atoms with van der Waals surface area (Å²) in [5.41, 5.74) is 7.44. The number of benzene rings is 1. The standard InChI is InChI=1S/C12H12IN3OS/c13-7-3-4-9(14)8(6-7)12-15-11(16-17-12)10-2-1-5-18-10/h3-4,6,10H,1-2,5,14H2. The molecule has 18 heavy (non-hydrogen) atoms. The van der Waals surface area contributed by atoms with E-state index in [2.05, 4.69) is 32.7 Å². The second-order valence-electron chi connectivity index (χ2n) is 4.19. The van der Waals surface area contributed by atoms with E-state index in [-0.39, 0.29) is 0 Å². The Bertz CT molecular complexity index is 566. The number of anilines is 1. The minimum absolute atomic E-state index is 0.381. The number of nitrogen functional groups attached to an aromatic ring is 1. The van der Waals surface area contributed by atoms with Crippen molar-refractivity contribution in [2.24, 2.45) is 0 Å². The molecule has 1 aliphatic rings. The normalized spacial score (nSPS) is 19.3. The molecule has 1 aromatic carbocycles. The van der Waals surface area contributed by atoms with E-state index in [9.17, 15) is 0 Å². The van der Waals surface area contributed by atoms with Crippen molar-refractivity contribution >= 4 is 40.0 Å². The van der Waals surface area contributed by atoms with E-state index in [4.69, 9.17) is 10.3 Å². The van der Waals surface area contributed by atoms with E-state index in [0.717, 1.165) is 21.4 Å². The molecule has 0 spiro atoms. The molecule has 0 saturated carbocycles. The summed E-state index contributed by atoms with van der Waals surface area (Å²) in [7, 11) is 0. The van der Waals surface area contributed by atoms with Gasteiger partial charge in [-0.3, -0.25) is 0 Å². The molecule has 0 bridgehead atoms. The fourth-order valence-corrected chi connectivity index (χ4v) is 3.66. The molecule has 0 amide bonds. The van der Waals surface area contributed by atoms with E-state index >= 15 is 0 Å². The Balaban J connectivity index is 1.94. The van der Waals surface area contributed by atoms with Crippen LogP contribution in [0.25, 0.3) is 11.5 Å². The van der Waals surface area contributed by atoms with Crippen molar-refractivity contribution in [2.45, 2.75) is 18.1 Å². The van der Waals surface area contributed by atoms with Crippen molar-refractivity contribution in [1.82, 2.24) is 10.1 Å². The lowest BCUT2D eigenvalue weighted by molar-refractivity contribution is 0.421. The molecular formula is C12H12IN3OS. The van der Waals surface area contributed by atoms with Crippen LogP contribution in [0.3, 0.4) is 0 Å². The minimum atomic E-state index is 0.381. The summed E-state index contributed by atoms with van der Waals surface area (Å²) in [6.07, 6.45) is 2.36. The van der Waals surface area contributed by atoms with Crippen LogP contribution in [-0.2, 0) is 0 Å². The number of rotatable bonds is 2. The Hall–Kier alpha value is -0.760. The fraction of sp³-hybridized carbons (Fsp3) is 0.333. The molecule has 1 aromatic heterocycles. The third-order valence-electron chi connectivity index (χ3n) is 2.91. The quantitative estimate of drug-likeness (QED) is 0.645. The molecule has 1 aliphatic heterocycles. The number of hydrogen-bond donors (Lipinski definition) is 1. The third-order valence-corrected chi connectivity index (χ3v) is 4.95. The first-order valence-electron chi connectivity index (χ1n) is 5.74. The molecule has 3 rings (SSSR count). The summed E-state index contributed by atoms with van der Waals surface area (Å²) in [5, 5.41) is 4.46. The van der Waals surface area contributed by atoms with Gasteiger partial charge >= 0.3 is 0 Å². The van der Waals surface area contributed by atoms with Gasteiger partial charge in [-0.25, -0.2) is 0 Å². The van der Waals surface area contributed by atoms with Crippen LogP contribution in [0.1, 0.15) is 23.9 Å². The summed E-state index contributed by atoms with van der Waals surface area (Å²) < 4.78 is 6.44. The van der Waals surface area contributed by atoms with Gasteiger partial charge in [0.15, 0.2) is 5.82 Å². The van der Waals surface area contributed by atoms with E-state index in [1.165, 1.54) is 12.2 Å². The topological polar surface area (TPSA) is 64.9 Å². The van der Waals surface area contributed by atoms with Crippen LogP contribution in [0.2, 0.25) is 0 Å². The number of hydrogen-bond acceptors (Lipinski definition) is 5. The van der Waals surface area contributed by atoms with Gasteiger partial charge in [0.25, 0.3) is 5.89 Å². The number of thioether (sulfide) groups is 1. The molecule has 0 aliphatic carbocycles. The van der Waals surface area contributed by atoms with Crippen molar-refractivity contribution in [1.29, 1.82) is 0 Å². The maximum atomic E-state index is 5.95. The van der Waals surface area contributed by atoms with E-state index in [1.54, 1.807) is 0 Å². The fourth-order valence-electron chi connectivity index (χ4n) is 1.97. The smallest absolute Gasteiger partial charge is 0.260 e. The van der Waals surface area contributed by atoms with Crippen LogP contribution in [-0.4, -0.2) is 15.9 Å². The molecule has 1 atom stereocenters. The average molecular weight is 373 g/mol. The third kappa shape index (κ3) is 2.35. The zero-order valence-electron chi connectivity index (χ0n) is 9.60. The second kappa shape index (κ2) is 5.08. The maximum Gasteiger partial charge on any atom is 0.260 e. The number of halogens is 1. The number of aromatic nitrogens is 2. The summed E-state index contributed by atoms with van der Waals surface area (Å²) in [6.45, 7) is 0. The van der Waals surface area contributed by atoms with E-state index < -0.39 is 0 Å². The van der Waals surface area contributed by atoms with Crippen molar-refractivity contribution in [2.75, 3.05) is 11.5 Å². The van der Waals surface area contributed by atoms with Crippen molar-refractivity contribution in [3.8, 4) is 11.5 Å². The van der Waals surface area contributed by atoms with E-state index in [1.807, 2.05) is 30.0 Å². The van der Waals surface area contributed by atoms with Crippen LogP contribution in [0.4, 0.5) is 5.69 Å². The minimum Gasteiger partial charge on any atom is -0.398 e. The molecular weight excluding hydrogens is 361 g/mol. The predicted molar refractivity (Wildman–Crippen MR) is 81.3 cm³/mol. The van der Waals surface area contributed by atoms with Gasteiger partial charge in [0.2, 0.25) is 0 Å². The molecule has 1 unspecified atom stereocenters. The highest BCUT2D eigenvalue weighted by molar-refractivity contribution is 14.1. The summed E-state index contributed by atoms with van der Waals surface area (Å²) >= 11 is 4.14. The van der Waals surface area contributed by atoms with Crippen molar-refractivity contribution in [3.05, 3.63) is 27.6 Å². The lowest BCUT2D eigenvalue weighted by Crippen LogP contribution is -1.93. The van der Waals surface area contributed by atoms with Gasteiger partial charge in [-0.1, -0.05) is 5.16 Å². The zero-order valence-corrected chi connectivity index (χ0v) is 12.6. The Morgan fingerprint density at radius 2 is 2.33 bits per heavy atom.